The topological polar surface area (TPSA) is 69.7 Å². The van der Waals surface area contributed by atoms with Gasteiger partial charge >= 0.3 is 5.97 Å². The lowest BCUT2D eigenvalue weighted by Crippen LogP contribution is -2.28. The van der Waals surface area contributed by atoms with E-state index in [9.17, 15) is 13.2 Å². The van der Waals surface area contributed by atoms with E-state index in [1.807, 2.05) is 0 Å². The van der Waals surface area contributed by atoms with E-state index in [0.717, 1.165) is 25.7 Å². The van der Waals surface area contributed by atoms with E-state index in [0.29, 0.717) is 5.75 Å². The van der Waals surface area contributed by atoms with Gasteiger partial charge in [-0.3, -0.25) is 4.79 Å². The first-order chi connectivity index (χ1) is 10.9. The van der Waals surface area contributed by atoms with E-state index in [2.05, 4.69) is 0 Å². The number of rotatable bonds is 6. The van der Waals surface area contributed by atoms with Gasteiger partial charge in [0.25, 0.3) is 0 Å². The SMILES string of the molecule is COc1ccc(S(=O)(=O)CC(C)C(=O)OC2CCCCC2)cc1. The van der Waals surface area contributed by atoms with E-state index in [4.69, 9.17) is 9.47 Å². The molecule has 0 N–H and O–H groups in total. The number of carbonyl (C=O) groups excluding carboxylic acids is 1. The van der Waals surface area contributed by atoms with E-state index < -0.39 is 21.7 Å². The quantitative estimate of drug-likeness (QED) is 0.745. The lowest BCUT2D eigenvalue weighted by Gasteiger charge is -2.23. The summed E-state index contributed by atoms with van der Waals surface area (Å²) >= 11 is 0. The highest BCUT2D eigenvalue weighted by Gasteiger charge is 2.27. The molecule has 0 spiro atoms. The Bertz CT molecular complexity index is 615. The van der Waals surface area contributed by atoms with Gasteiger partial charge in [0.1, 0.15) is 11.9 Å². The van der Waals surface area contributed by atoms with Crippen LogP contribution >= 0.6 is 0 Å². The largest absolute Gasteiger partial charge is 0.497 e. The zero-order valence-electron chi connectivity index (χ0n) is 13.7. The van der Waals surface area contributed by atoms with Crippen LogP contribution in [0.3, 0.4) is 0 Å². The van der Waals surface area contributed by atoms with Crippen LogP contribution < -0.4 is 4.74 Å². The number of hydrogen-bond acceptors (Lipinski definition) is 5. The van der Waals surface area contributed by atoms with Crippen LogP contribution in [-0.2, 0) is 19.4 Å². The predicted octanol–water partition coefficient (Wildman–Crippen LogP) is 2.98. The smallest absolute Gasteiger partial charge is 0.309 e. The van der Waals surface area contributed by atoms with Crippen LogP contribution in [0.15, 0.2) is 29.2 Å². The summed E-state index contributed by atoms with van der Waals surface area (Å²) in [4.78, 5) is 12.3. The summed E-state index contributed by atoms with van der Waals surface area (Å²) in [5.41, 5.74) is 0. The number of carbonyl (C=O) groups is 1. The van der Waals surface area contributed by atoms with Crippen LogP contribution in [0.1, 0.15) is 39.0 Å². The fraction of sp³-hybridized carbons (Fsp3) is 0.588. The Labute approximate surface area is 137 Å². The van der Waals surface area contributed by atoms with Crippen molar-refractivity contribution in [1.82, 2.24) is 0 Å². The molecule has 2 rings (SSSR count). The van der Waals surface area contributed by atoms with E-state index in [1.54, 1.807) is 19.1 Å². The number of benzene rings is 1. The van der Waals surface area contributed by atoms with Crippen LogP contribution in [0.25, 0.3) is 0 Å². The standard InChI is InChI=1S/C17H24O5S/c1-13(17(18)22-15-6-4-3-5-7-15)12-23(19,20)16-10-8-14(21-2)9-11-16/h8-11,13,15H,3-7,12H2,1-2H3. The molecule has 1 atom stereocenters. The minimum atomic E-state index is -3.53. The Hall–Kier alpha value is -1.56. The second kappa shape index (κ2) is 7.81. The van der Waals surface area contributed by atoms with Gasteiger partial charge in [-0.25, -0.2) is 8.42 Å². The van der Waals surface area contributed by atoms with Crippen molar-refractivity contribution in [3.63, 3.8) is 0 Å². The van der Waals surface area contributed by atoms with Crippen molar-refractivity contribution in [2.75, 3.05) is 12.9 Å². The van der Waals surface area contributed by atoms with Crippen molar-refractivity contribution in [1.29, 1.82) is 0 Å². The molecule has 0 bridgehead atoms. The zero-order chi connectivity index (χ0) is 16.9. The molecule has 5 nitrogen and oxygen atoms in total. The molecular weight excluding hydrogens is 316 g/mol. The Morgan fingerprint density at radius 3 is 2.35 bits per heavy atom. The summed E-state index contributed by atoms with van der Waals surface area (Å²) < 4.78 is 35.2. The minimum Gasteiger partial charge on any atom is -0.497 e. The highest BCUT2D eigenvalue weighted by Crippen LogP contribution is 2.23. The van der Waals surface area contributed by atoms with Gasteiger partial charge in [-0.1, -0.05) is 13.3 Å². The lowest BCUT2D eigenvalue weighted by atomic mass is 9.98. The van der Waals surface area contributed by atoms with E-state index in [-0.39, 0.29) is 16.8 Å². The molecule has 1 aliphatic rings. The lowest BCUT2D eigenvalue weighted by molar-refractivity contribution is -0.154. The maximum Gasteiger partial charge on any atom is 0.309 e. The monoisotopic (exact) mass is 340 g/mol. The molecule has 1 fully saturated rings. The van der Waals surface area contributed by atoms with Crippen LogP contribution in [0, 0.1) is 5.92 Å². The molecule has 128 valence electrons. The minimum absolute atomic E-state index is 0.0533. The summed E-state index contributed by atoms with van der Waals surface area (Å²) in [5, 5.41) is 0. The van der Waals surface area contributed by atoms with Crippen molar-refractivity contribution in [2.45, 2.75) is 50.0 Å². The van der Waals surface area contributed by atoms with E-state index >= 15 is 0 Å². The van der Waals surface area contributed by atoms with Gasteiger partial charge in [0, 0.05) is 0 Å². The first-order valence-electron chi connectivity index (χ1n) is 7.99. The molecule has 0 aliphatic heterocycles. The number of hydrogen-bond donors (Lipinski definition) is 0. The Morgan fingerprint density at radius 1 is 1.17 bits per heavy atom. The summed E-state index contributed by atoms with van der Waals surface area (Å²) in [6, 6.07) is 6.18. The molecule has 1 aromatic rings. The molecular formula is C17H24O5S. The summed E-state index contributed by atoms with van der Waals surface area (Å²) in [7, 11) is -2.01. The molecule has 0 amide bonds. The third-order valence-electron chi connectivity index (χ3n) is 4.13. The van der Waals surface area contributed by atoms with Crippen molar-refractivity contribution < 1.29 is 22.7 Å². The predicted molar refractivity (Wildman–Crippen MR) is 87.2 cm³/mol. The van der Waals surface area contributed by atoms with Gasteiger partial charge in [0.05, 0.1) is 23.7 Å². The van der Waals surface area contributed by atoms with Gasteiger partial charge < -0.3 is 9.47 Å². The number of ether oxygens (including phenoxy) is 2. The van der Waals surface area contributed by atoms with Crippen LogP contribution in [-0.4, -0.2) is 33.4 Å². The van der Waals surface area contributed by atoms with Gasteiger partial charge in [-0.05, 0) is 49.9 Å². The molecule has 1 unspecified atom stereocenters. The van der Waals surface area contributed by atoms with Crippen molar-refractivity contribution in [3.05, 3.63) is 24.3 Å². The third-order valence-corrected chi connectivity index (χ3v) is 6.05. The van der Waals surface area contributed by atoms with Crippen molar-refractivity contribution in [2.24, 2.45) is 5.92 Å². The zero-order valence-corrected chi connectivity index (χ0v) is 14.5. The molecule has 1 aromatic carbocycles. The van der Waals surface area contributed by atoms with E-state index in [1.165, 1.54) is 25.7 Å². The van der Waals surface area contributed by atoms with Gasteiger partial charge in [-0.2, -0.15) is 0 Å². The summed E-state index contributed by atoms with van der Waals surface area (Å²) in [5.74, 6) is -0.753. The maximum atomic E-state index is 12.4. The molecule has 0 saturated heterocycles. The van der Waals surface area contributed by atoms with Crippen LogP contribution in [0.4, 0.5) is 0 Å². The first kappa shape index (κ1) is 17.8. The van der Waals surface area contributed by atoms with Crippen LogP contribution in [0.5, 0.6) is 5.75 Å². The van der Waals surface area contributed by atoms with Crippen molar-refractivity contribution >= 4 is 15.8 Å². The summed E-state index contributed by atoms with van der Waals surface area (Å²) in [6.45, 7) is 1.60. The highest BCUT2D eigenvalue weighted by atomic mass is 32.2. The number of methoxy groups -OCH3 is 1. The fourth-order valence-electron chi connectivity index (χ4n) is 2.74. The number of esters is 1. The second-order valence-corrected chi connectivity index (χ2v) is 8.09. The Balaban J connectivity index is 1.96. The fourth-order valence-corrected chi connectivity index (χ4v) is 4.28. The molecule has 0 heterocycles. The number of sulfone groups is 1. The molecule has 23 heavy (non-hydrogen) atoms. The normalized spacial score (nSPS) is 17.5. The average molecular weight is 340 g/mol. The Kier molecular flexibility index (Phi) is 6.04. The second-order valence-electron chi connectivity index (χ2n) is 6.05. The molecule has 6 heteroatoms. The molecule has 1 aliphatic carbocycles. The third kappa shape index (κ3) is 4.96. The first-order valence-corrected chi connectivity index (χ1v) is 9.65. The average Bonchev–Trinajstić information content (AvgIpc) is 2.55. The highest BCUT2D eigenvalue weighted by molar-refractivity contribution is 7.91. The van der Waals surface area contributed by atoms with Gasteiger partial charge in [0.2, 0.25) is 0 Å². The van der Waals surface area contributed by atoms with Crippen LogP contribution in [0.2, 0.25) is 0 Å². The maximum absolute atomic E-state index is 12.4. The molecule has 0 radical (unpaired) electrons. The molecule has 0 aromatic heterocycles. The molecule has 1 saturated carbocycles. The van der Waals surface area contributed by atoms with Crippen molar-refractivity contribution in [3.8, 4) is 5.75 Å². The van der Waals surface area contributed by atoms with Gasteiger partial charge in [0.15, 0.2) is 9.84 Å². The summed E-state index contributed by atoms with van der Waals surface area (Å²) in [6.07, 6.45) is 5.01. The Morgan fingerprint density at radius 2 is 1.78 bits per heavy atom. The van der Waals surface area contributed by atoms with Gasteiger partial charge in [-0.15, -0.1) is 0 Å².